The topological polar surface area (TPSA) is 0 Å². The van der Waals surface area contributed by atoms with E-state index in [2.05, 4.69) is 180 Å². The molecule has 55 heavy (non-hydrogen) atoms. The van der Waals surface area contributed by atoms with Crippen LogP contribution in [0, 0.1) is 0 Å². The highest BCUT2D eigenvalue weighted by atomic mass is 31.1. The fourth-order valence-corrected chi connectivity index (χ4v) is 13.0. The Kier molecular flexibility index (Phi) is 13.3. The summed E-state index contributed by atoms with van der Waals surface area (Å²) in [6.45, 7) is 28.7. The molecule has 1 heteroatoms. The quantitative estimate of drug-likeness (QED) is 0.111. The molecule has 5 aromatic carbocycles. The van der Waals surface area contributed by atoms with Crippen LogP contribution in [0.1, 0.15) is 184 Å². The zero-order valence-electron chi connectivity index (χ0n) is 36.3. The Balaban J connectivity index is 1.85. The molecule has 0 nitrogen and oxygen atoms in total. The summed E-state index contributed by atoms with van der Waals surface area (Å²) < 4.78 is 0. The van der Waals surface area contributed by atoms with Gasteiger partial charge in [0.1, 0.15) is 0 Å². The second kappa shape index (κ2) is 17.8. The first-order chi connectivity index (χ1) is 26.3. The molecule has 0 saturated heterocycles. The predicted molar refractivity (Wildman–Crippen MR) is 247 cm³/mol. The second-order valence-corrected chi connectivity index (χ2v) is 20.6. The van der Waals surface area contributed by atoms with E-state index in [0.717, 1.165) is 0 Å². The smallest absolute Gasteiger partial charge is 0.00356 e. The van der Waals surface area contributed by atoms with Crippen molar-refractivity contribution < 1.29 is 0 Å². The molecule has 0 aliphatic heterocycles. The molecule has 0 radical (unpaired) electrons. The summed E-state index contributed by atoms with van der Waals surface area (Å²) >= 11 is 0. The maximum absolute atomic E-state index is 2.56. The van der Waals surface area contributed by atoms with Gasteiger partial charge in [-0.2, -0.15) is 0 Å². The summed E-state index contributed by atoms with van der Waals surface area (Å²) in [5, 5.41) is 3.20. The second-order valence-electron chi connectivity index (χ2n) is 18.2. The van der Waals surface area contributed by atoms with Gasteiger partial charge in [0.05, 0.1) is 0 Å². The highest BCUT2D eigenvalue weighted by Crippen LogP contribution is 2.55. The number of benzene rings is 5. The maximum atomic E-state index is 2.56. The van der Waals surface area contributed by atoms with Crippen molar-refractivity contribution in [1.82, 2.24) is 0 Å². The first kappa shape index (κ1) is 41.2. The lowest BCUT2D eigenvalue weighted by Gasteiger charge is -2.37. The van der Waals surface area contributed by atoms with Gasteiger partial charge in [0.25, 0.3) is 0 Å². The Morgan fingerprint density at radius 2 is 0.673 bits per heavy atom. The van der Waals surface area contributed by atoms with Gasteiger partial charge in [0.2, 0.25) is 0 Å². The van der Waals surface area contributed by atoms with Crippen LogP contribution in [-0.4, -0.2) is 5.66 Å². The summed E-state index contributed by atoms with van der Waals surface area (Å²) in [6.07, 6.45) is 6.58. The van der Waals surface area contributed by atoms with E-state index in [0.29, 0.717) is 41.2 Å². The standard InChI is InChI=1S/C54H69P/c1-34(2)41-25-18-26-42(35(3)4)51(41)47-24-16-17-33-50(47)55(40-22-14-13-15-23-40)54-48(52-43(36(5)6)27-19-28-44(52)37(7)8)31-21-32-49(54)53-45(38(9)10)29-20-30-46(53)39(11)12/h16-21,24-40H,13-15,22-23H2,1-12H3. The van der Waals surface area contributed by atoms with E-state index in [9.17, 15) is 0 Å². The van der Waals surface area contributed by atoms with Gasteiger partial charge in [0, 0.05) is 0 Å². The van der Waals surface area contributed by atoms with Crippen molar-refractivity contribution in [3.63, 3.8) is 0 Å². The number of rotatable bonds is 12. The minimum Gasteiger partial charge on any atom is -0.0617 e. The third-order valence-corrected chi connectivity index (χ3v) is 15.4. The lowest BCUT2D eigenvalue weighted by atomic mass is 9.82. The SMILES string of the molecule is CC(C)c1cccc(C(C)C)c1-c1ccccc1P(c1c(-c2c(C(C)C)cccc2C(C)C)cccc1-c1c(C(C)C)cccc1C(C)C)C1CCCCC1. The van der Waals surface area contributed by atoms with Crippen molar-refractivity contribution in [1.29, 1.82) is 0 Å². The fourth-order valence-electron chi connectivity index (χ4n) is 9.53. The van der Waals surface area contributed by atoms with Gasteiger partial charge in [-0.1, -0.05) is 199 Å². The maximum Gasteiger partial charge on any atom is -0.00356 e. The van der Waals surface area contributed by atoms with Crippen molar-refractivity contribution in [2.24, 2.45) is 0 Å². The summed E-state index contributed by atoms with van der Waals surface area (Å²) in [4.78, 5) is 0. The Morgan fingerprint density at radius 1 is 0.364 bits per heavy atom. The Labute approximate surface area is 337 Å². The van der Waals surface area contributed by atoms with E-state index in [-0.39, 0.29) is 0 Å². The molecule has 0 spiro atoms. The van der Waals surface area contributed by atoms with Crippen molar-refractivity contribution in [2.45, 2.75) is 156 Å². The van der Waals surface area contributed by atoms with Crippen LogP contribution in [-0.2, 0) is 0 Å². The summed E-state index contributed by atoms with van der Waals surface area (Å²) in [5.74, 6) is 2.53. The molecule has 1 fully saturated rings. The van der Waals surface area contributed by atoms with Gasteiger partial charge < -0.3 is 0 Å². The Bertz CT molecular complexity index is 1910. The van der Waals surface area contributed by atoms with Gasteiger partial charge in [-0.3, -0.25) is 0 Å². The van der Waals surface area contributed by atoms with Gasteiger partial charge in [-0.15, -0.1) is 0 Å². The highest BCUT2D eigenvalue weighted by Gasteiger charge is 2.35. The van der Waals surface area contributed by atoms with Crippen LogP contribution in [0.2, 0.25) is 0 Å². The van der Waals surface area contributed by atoms with E-state index in [1.54, 1.807) is 10.6 Å². The third kappa shape index (κ3) is 8.33. The van der Waals surface area contributed by atoms with Crippen LogP contribution >= 0.6 is 7.92 Å². The minimum absolute atomic E-state index is 0.416. The minimum atomic E-state index is -0.792. The molecular formula is C54H69P. The lowest BCUT2D eigenvalue weighted by Crippen LogP contribution is -2.28. The van der Waals surface area contributed by atoms with Crippen LogP contribution in [0.25, 0.3) is 33.4 Å². The van der Waals surface area contributed by atoms with Crippen LogP contribution in [0.15, 0.2) is 97.1 Å². The molecular weight excluding hydrogens is 680 g/mol. The van der Waals surface area contributed by atoms with Crippen molar-refractivity contribution in [3.05, 3.63) is 130 Å². The number of hydrogen-bond acceptors (Lipinski definition) is 0. The molecule has 0 heterocycles. The molecule has 0 amide bonds. The highest BCUT2D eigenvalue weighted by molar-refractivity contribution is 7.74. The van der Waals surface area contributed by atoms with Crippen molar-refractivity contribution >= 4 is 18.5 Å². The van der Waals surface area contributed by atoms with Crippen molar-refractivity contribution in [2.75, 3.05) is 0 Å². The van der Waals surface area contributed by atoms with Gasteiger partial charge in [0.15, 0.2) is 0 Å². The molecule has 1 aliphatic rings. The third-order valence-electron chi connectivity index (χ3n) is 12.3. The molecule has 1 unspecified atom stereocenters. The zero-order chi connectivity index (χ0) is 39.6. The predicted octanol–water partition coefficient (Wildman–Crippen LogP) is 16.2. The molecule has 0 aromatic heterocycles. The fraction of sp³-hybridized carbons (Fsp3) is 0.444. The monoisotopic (exact) mass is 749 g/mol. The van der Waals surface area contributed by atoms with E-state index >= 15 is 0 Å². The van der Waals surface area contributed by atoms with Gasteiger partial charge >= 0.3 is 0 Å². The summed E-state index contributed by atoms with van der Waals surface area (Å²) in [7, 11) is -0.792. The van der Waals surface area contributed by atoms with E-state index in [1.165, 1.54) is 98.9 Å². The average Bonchev–Trinajstić information content (AvgIpc) is 3.17. The molecule has 0 N–H and O–H groups in total. The molecule has 1 atom stereocenters. The Hall–Kier alpha value is -3.47. The van der Waals surface area contributed by atoms with Crippen LogP contribution < -0.4 is 10.6 Å². The molecule has 6 rings (SSSR count). The first-order valence-electron chi connectivity index (χ1n) is 21.7. The average molecular weight is 749 g/mol. The Morgan fingerprint density at radius 3 is 1.04 bits per heavy atom. The van der Waals surface area contributed by atoms with Crippen LogP contribution in [0.4, 0.5) is 0 Å². The largest absolute Gasteiger partial charge is 0.0617 e. The molecule has 290 valence electrons. The van der Waals surface area contributed by atoms with E-state index < -0.39 is 7.92 Å². The van der Waals surface area contributed by atoms with E-state index in [4.69, 9.17) is 0 Å². The lowest BCUT2D eigenvalue weighted by molar-refractivity contribution is 0.513. The summed E-state index contributed by atoms with van der Waals surface area (Å²) in [6, 6.07) is 38.7. The molecule has 1 aliphatic carbocycles. The summed E-state index contributed by atoms with van der Waals surface area (Å²) in [5.41, 5.74) is 18.4. The van der Waals surface area contributed by atoms with E-state index in [1.807, 2.05) is 0 Å². The van der Waals surface area contributed by atoms with Crippen LogP contribution in [0.5, 0.6) is 0 Å². The van der Waals surface area contributed by atoms with Crippen LogP contribution in [0.3, 0.4) is 0 Å². The molecule has 0 bridgehead atoms. The normalized spacial score (nSPS) is 14.7. The van der Waals surface area contributed by atoms with Gasteiger partial charge in [-0.05, 0) is 139 Å². The van der Waals surface area contributed by atoms with Gasteiger partial charge in [-0.25, -0.2) is 0 Å². The first-order valence-corrected chi connectivity index (χ1v) is 23.1. The molecule has 1 saturated carbocycles. The molecule has 5 aromatic rings. The van der Waals surface area contributed by atoms with Crippen molar-refractivity contribution in [3.8, 4) is 33.4 Å². The zero-order valence-corrected chi connectivity index (χ0v) is 37.2. The number of hydrogen-bond donors (Lipinski definition) is 0.